The van der Waals surface area contributed by atoms with Crippen molar-refractivity contribution in [3.8, 4) is 0 Å². The predicted octanol–water partition coefficient (Wildman–Crippen LogP) is 3.32. The van der Waals surface area contributed by atoms with E-state index in [1.807, 2.05) is 29.6 Å². The van der Waals surface area contributed by atoms with Crippen molar-refractivity contribution in [1.82, 2.24) is 4.98 Å². The molecule has 17 heavy (non-hydrogen) atoms. The minimum atomic E-state index is -0.819. The number of hydrogen-bond acceptors (Lipinski definition) is 3. The van der Waals surface area contributed by atoms with Crippen LogP contribution in [0.15, 0.2) is 39.6 Å². The van der Waals surface area contributed by atoms with Gasteiger partial charge in [-0.15, -0.1) is 11.3 Å². The van der Waals surface area contributed by atoms with E-state index in [1.54, 1.807) is 5.51 Å². The Bertz CT molecular complexity index is 496. The summed E-state index contributed by atoms with van der Waals surface area (Å²) < 4.78 is 0.944. The van der Waals surface area contributed by atoms with E-state index < -0.39 is 11.9 Å². The number of aromatic nitrogens is 1. The third-order valence-electron chi connectivity index (χ3n) is 2.47. The van der Waals surface area contributed by atoms with Crippen molar-refractivity contribution >= 4 is 33.2 Å². The molecule has 1 unspecified atom stereocenters. The van der Waals surface area contributed by atoms with Gasteiger partial charge in [0.25, 0.3) is 0 Å². The molecule has 1 atom stereocenters. The maximum atomic E-state index is 11.3. The van der Waals surface area contributed by atoms with Gasteiger partial charge in [0.05, 0.1) is 17.1 Å². The molecule has 2 aromatic rings. The highest BCUT2D eigenvalue weighted by atomic mass is 79.9. The molecule has 0 aliphatic heterocycles. The van der Waals surface area contributed by atoms with Crippen LogP contribution >= 0.6 is 27.3 Å². The molecule has 0 spiro atoms. The van der Waals surface area contributed by atoms with Gasteiger partial charge in [-0.2, -0.15) is 0 Å². The first-order valence-corrected chi connectivity index (χ1v) is 6.75. The molecule has 5 heteroatoms. The lowest BCUT2D eigenvalue weighted by atomic mass is 9.95. The van der Waals surface area contributed by atoms with E-state index in [1.165, 1.54) is 11.3 Å². The smallest absolute Gasteiger partial charge is 0.311 e. The van der Waals surface area contributed by atoms with Gasteiger partial charge in [0.15, 0.2) is 0 Å². The third-order valence-corrected chi connectivity index (χ3v) is 3.63. The Hall–Kier alpha value is -1.20. The fourth-order valence-corrected chi connectivity index (χ4v) is 2.43. The quantitative estimate of drug-likeness (QED) is 0.942. The number of rotatable bonds is 4. The molecule has 0 radical (unpaired) electrons. The first-order chi connectivity index (χ1) is 8.16. The molecular weight excluding hydrogens is 302 g/mol. The van der Waals surface area contributed by atoms with Gasteiger partial charge in [-0.25, -0.2) is 4.98 Å². The lowest BCUT2D eigenvalue weighted by Crippen LogP contribution is -2.14. The summed E-state index contributed by atoms with van der Waals surface area (Å²) in [7, 11) is 0. The number of nitrogens with zero attached hydrogens (tertiary/aromatic N) is 1. The number of carboxylic acid groups (broad SMARTS) is 1. The Morgan fingerprint density at radius 3 is 2.65 bits per heavy atom. The van der Waals surface area contributed by atoms with Crippen molar-refractivity contribution in [2.45, 2.75) is 12.3 Å². The molecule has 0 aliphatic carbocycles. The zero-order valence-electron chi connectivity index (χ0n) is 8.84. The van der Waals surface area contributed by atoms with Gasteiger partial charge < -0.3 is 5.11 Å². The van der Waals surface area contributed by atoms with Crippen molar-refractivity contribution in [2.24, 2.45) is 0 Å². The van der Waals surface area contributed by atoms with E-state index in [-0.39, 0.29) is 0 Å². The van der Waals surface area contributed by atoms with Gasteiger partial charge in [0.2, 0.25) is 0 Å². The van der Waals surface area contributed by atoms with E-state index in [2.05, 4.69) is 20.9 Å². The molecule has 88 valence electrons. The van der Waals surface area contributed by atoms with Crippen LogP contribution in [0.25, 0.3) is 0 Å². The highest BCUT2D eigenvalue weighted by Gasteiger charge is 2.20. The summed E-state index contributed by atoms with van der Waals surface area (Å²) in [5.74, 6) is -1.36. The molecule has 1 heterocycles. The average Bonchev–Trinajstić information content (AvgIpc) is 2.80. The molecule has 2 rings (SSSR count). The molecular formula is C12H10BrNO2S. The summed E-state index contributed by atoms with van der Waals surface area (Å²) in [4.78, 5) is 15.4. The van der Waals surface area contributed by atoms with Gasteiger partial charge in [-0.1, -0.05) is 28.1 Å². The van der Waals surface area contributed by atoms with Crippen LogP contribution in [0.4, 0.5) is 0 Å². The van der Waals surface area contributed by atoms with E-state index in [9.17, 15) is 9.90 Å². The van der Waals surface area contributed by atoms with Crippen LogP contribution in [0.1, 0.15) is 17.2 Å². The molecule has 1 N–H and O–H groups in total. The second-order valence-corrected chi connectivity index (χ2v) is 5.26. The number of carbonyl (C=O) groups is 1. The summed E-state index contributed by atoms with van der Waals surface area (Å²) in [5, 5.41) is 11.1. The van der Waals surface area contributed by atoms with Crippen LogP contribution in [0.5, 0.6) is 0 Å². The van der Waals surface area contributed by atoms with E-state index in [4.69, 9.17) is 0 Å². The number of hydrogen-bond donors (Lipinski definition) is 1. The number of thiazole rings is 1. The van der Waals surface area contributed by atoms with Crippen molar-refractivity contribution in [3.63, 3.8) is 0 Å². The Labute approximate surface area is 111 Å². The second-order valence-electron chi connectivity index (χ2n) is 3.63. The van der Waals surface area contributed by atoms with Crippen LogP contribution in [-0.2, 0) is 11.2 Å². The fourth-order valence-electron chi connectivity index (χ4n) is 1.59. The fraction of sp³-hybridized carbons (Fsp3) is 0.167. The van der Waals surface area contributed by atoms with Crippen LogP contribution in [0.2, 0.25) is 0 Å². The molecule has 0 saturated heterocycles. The lowest BCUT2D eigenvalue weighted by Gasteiger charge is -2.11. The highest BCUT2D eigenvalue weighted by Crippen LogP contribution is 2.23. The molecule has 1 aromatic carbocycles. The van der Waals surface area contributed by atoms with Gasteiger partial charge >= 0.3 is 5.97 Å². The summed E-state index contributed by atoms with van der Waals surface area (Å²) >= 11 is 4.81. The maximum absolute atomic E-state index is 11.3. The zero-order valence-corrected chi connectivity index (χ0v) is 11.2. The number of halogens is 1. The molecule has 0 bridgehead atoms. The first kappa shape index (κ1) is 12.3. The molecule has 3 nitrogen and oxygen atoms in total. The van der Waals surface area contributed by atoms with Crippen molar-refractivity contribution in [2.75, 3.05) is 0 Å². The van der Waals surface area contributed by atoms with Crippen LogP contribution in [-0.4, -0.2) is 16.1 Å². The Balaban J connectivity index is 2.23. The predicted molar refractivity (Wildman–Crippen MR) is 70.3 cm³/mol. The lowest BCUT2D eigenvalue weighted by molar-refractivity contribution is -0.138. The summed E-state index contributed by atoms with van der Waals surface area (Å²) in [5.41, 5.74) is 3.34. The largest absolute Gasteiger partial charge is 0.481 e. The van der Waals surface area contributed by atoms with E-state index in [0.29, 0.717) is 6.42 Å². The number of benzene rings is 1. The van der Waals surface area contributed by atoms with E-state index in [0.717, 1.165) is 15.7 Å². The zero-order chi connectivity index (χ0) is 12.3. The van der Waals surface area contributed by atoms with Crippen molar-refractivity contribution in [1.29, 1.82) is 0 Å². The standard InChI is InChI=1S/C12H10BrNO2S/c13-9-3-1-8(2-4-9)11(12(15)16)5-10-6-17-7-14-10/h1-4,6-7,11H,5H2,(H,15,16). The Morgan fingerprint density at radius 1 is 1.41 bits per heavy atom. The summed E-state index contributed by atoms with van der Waals surface area (Å²) in [6, 6.07) is 7.36. The van der Waals surface area contributed by atoms with Gasteiger partial charge in [0, 0.05) is 16.3 Å². The average molecular weight is 312 g/mol. The summed E-state index contributed by atoms with van der Waals surface area (Å²) in [6.45, 7) is 0. The van der Waals surface area contributed by atoms with Crippen LogP contribution < -0.4 is 0 Å². The van der Waals surface area contributed by atoms with E-state index >= 15 is 0 Å². The molecule has 0 fully saturated rings. The maximum Gasteiger partial charge on any atom is 0.311 e. The summed E-state index contributed by atoms with van der Waals surface area (Å²) in [6.07, 6.45) is 0.431. The SMILES string of the molecule is O=C(O)C(Cc1cscn1)c1ccc(Br)cc1. The topological polar surface area (TPSA) is 50.2 Å². The van der Waals surface area contributed by atoms with Gasteiger partial charge in [-0.05, 0) is 17.7 Å². The minimum Gasteiger partial charge on any atom is -0.481 e. The van der Waals surface area contributed by atoms with Gasteiger partial charge in [-0.3, -0.25) is 4.79 Å². The monoisotopic (exact) mass is 311 g/mol. The number of aliphatic carboxylic acids is 1. The van der Waals surface area contributed by atoms with Crippen LogP contribution in [0.3, 0.4) is 0 Å². The second kappa shape index (κ2) is 5.42. The van der Waals surface area contributed by atoms with Gasteiger partial charge in [0.1, 0.15) is 0 Å². The number of carboxylic acids is 1. The minimum absolute atomic E-state index is 0.431. The normalized spacial score (nSPS) is 12.3. The third kappa shape index (κ3) is 3.14. The highest BCUT2D eigenvalue weighted by molar-refractivity contribution is 9.10. The van der Waals surface area contributed by atoms with Crippen LogP contribution in [0, 0.1) is 0 Å². The van der Waals surface area contributed by atoms with Crippen molar-refractivity contribution < 1.29 is 9.90 Å². The molecule has 0 amide bonds. The Kier molecular flexibility index (Phi) is 3.91. The Morgan fingerprint density at radius 2 is 2.12 bits per heavy atom. The first-order valence-electron chi connectivity index (χ1n) is 5.02. The molecule has 0 saturated carbocycles. The molecule has 0 aliphatic rings. The molecule has 1 aromatic heterocycles. The van der Waals surface area contributed by atoms with Crippen molar-refractivity contribution in [3.05, 3.63) is 50.9 Å².